The van der Waals surface area contributed by atoms with Crippen molar-refractivity contribution < 1.29 is 32.5 Å². The van der Waals surface area contributed by atoms with Crippen molar-refractivity contribution in [2.75, 3.05) is 20.8 Å². The highest BCUT2D eigenvalue weighted by Gasteiger charge is 2.19. The van der Waals surface area contributed by atoms with Crippen LogP contribution in [0, 0.1) is 11.6 Å². The molecule has 2 rings (SSSR count). The van der Waals surface area contributed by atoms with E-state index in [1.165, 1.54) is 26.5 Å². The lowest BCUT2D eigenvalue weighted by Crippen LogP contribution is -2.09. The van der Waals surface area contributed by atoms with E-state index in [9.17, 15) is 13.6 Å². The Labute approximate surface area is 162 Å². The summed E-state index contributed by atoms with van der Waals surface area (Å²) in [6.45, 7) is 1.95. The average molecular weight is 392 g/mol. The molecule has 0 aromatic heterocycles. The number of halogens is 2. The van der Waals surface area contributed by atoms with Crippen LogP contribution >= 0.6 is 0 Å². The van der Waals surface area contributed by atoms with Gasteiger partial charge in [0.15, 0.2) is 17.3 Å². The summed E-state index contributed by atoms with van der Waals surface area (Å²) in [6, 6.07) is 9.18. The van der Waals surface area contributed by atoms with Gasteiger partial charge in [-0.1, -0.05) is 31.2 Å². The van der Waals surface area contributed by atoms with Crippen LogP contribution in [0.2, 0.25) is 0 Å². The molecule has 0 N–H and O–H groups in total. The molecule has 28 heavy (non-hydrogen) atoms. The van der Waals surface area contributed by atoms with Crippen LogP contribution < -0.4 is 9.47 Å². The first-order chi connectivity index (χ1) is 13.5. The molecule has 0 saturated heterocycles. The zero-order chi connectivity index (χ0) is 20.5. The van der Waals surface area contributed by atoms with Gasteiger partial charge < -0.3 is 18.9 Å². The molecule has 0 saturated carbocycles. The van der Waals surface area contributed by atoms with Crippen molar-refractivity contribution in [3.8, 4) is 11.5 Å². The molecule has 150 valence electrons. The van der Waals surface area contributed by atoms with Crippen LogP contribution in [0.25, 0.3) is 5.57 Å². The molecule has 7 heteroatoms. The Morgan fingerprint density at radius 3 is 2.50 bits per heavy atom. The number of hydrogen-bond donors (Lipinski definition) is 0. The second-order valence-corrected chi connectivity index (χ2v) is 5.74. The summed E-state index contributed by atoms with van der Waals surface area (Å²) >= 11 is 0. The monoisotopic (exact) mass is 392 g/mol. The van der Waals surface area contributed by atoms with E-state index in [0.717, 1.165) is 6.07 Å². The number of carbonyl (C=O) groups excluding carboxylic acids is 1. The maximum atomic E-state index is 14.5. The topological polar surface area (TPSA) is 54.0 Å². The van der Waals surface area contributed by atoms with Crippen molar-refractivity contribution in [2.24, 2.45) is 0 Å². The second kappa shape index (κ2) is 10.3. The molecule has 0 aliphatic carbocycles. The van der Waals surface area contributed by atoms with E-state index >= 15 is 0 Å². The van der Waals surface area contributed by atoms with E-state index in [1.54, 1.807) is 24.3 Å². The summed E-state index contributed by atoms with van der Waals surface area (Å²) in [5, 5.41) is 0. The van der Waals surface area contributed by atoms with Gasteiger partial charge in [0.2, 0.25) is 5.82 Å². The molecule has 2 aromatic carbocycles. The molecule has 0 unspecified atom stereocenters. The van der Waals surface area contributed by atoms with Gasteiger partial charge >= 0.3 is 5.97 Å². The smallest absolute Gasteiger partial charge is 0.341 e. The van der Waals surface area contributed by atoms with Crippen molar-refractivity contribution in [1.29, 1.82) is 0 Å². The van der Waals surface area contributed by atoms with Gasteiger partial charge in [-0.15, -0.1) is 0 Å². The number of hydrogen-bond acceptors (Lipinski definition) is 5. The molecular weight excluding hydrogens is 370 g/mol. The van der Waals surface area contributed by atoms with Gasteiger partial charge in [-0.25, -0.2) is 9.18 Å². The van der Waals surface area contributed by atoms with Crippen LogP contribution in [0.15, 0.2) is 42.7 Å². The van der Waals surface area contributed by atoms with Crippen molar-refractivity contribution >= 4 is 11.5 Å². The van der Waals surface area contributed by atoms with Crippen molar-refractivity contribution in [3.63, 3.8) is 0 Å². The predicted molar refractivity (Wildman–Crippen MR) is 99.9 cm³/mol. The summed E-state index contributed by atoms with van der Waals surface area (Å²) in [7, 11) is 2.67. The third-order valence-corrected chi connectivity index (χ3v) is 3.80. The minimum atomic E-state index is -0.911. The van der Waals surface area contributed by atoms with Gasteiger partial charge in [0.1, 0.15) is 12.2 Å². The average Bonchev–Trinajstić information content (AvgIpc) is 2.71. The summed E-state index contributed by atoms with van der Waals surface area (Å²) in [5.74, 6) is -2.92. The molecule has 0 bridgehead atoms. The Morgan fingerprint density at radius 1 is 1.07 bits per heavy atom. The van der Waals surface area contributed by atoms with E-state index in [1.807, 2.05) is 6.92 Å². The predicted octanol–water partition coefficient (Wildman–Crippen LogP) is 4.49. The number of methoxy groups -OCH3 is 2. The minimum Gasteiger partial charge on any atom is -0.503 e. The Hall–Kier alpha value is -3.09. The molecule has 0 fully saturated rings. The van der Waals surface area contributed by atoms with E-state index in [2.05, 4.69) is 0 Å². The largest absolute Gasteiger partial charge is 0.503 e. The van der Waals surface area contributed by atoms with Gasteiger partial charge in [0, 0.05) is 0 Å². The Bertz CT molecular complexity index is 849. The standard InChI is InChI=1S/C21H22F2O5/c1-4-11-27-20-17(22)9-10-18(19(20)23)28-12-14-7-5-6-8-15(14)16(13-25-2)21(24)26-3/h5-10,13H,4,11-12H2,1-3H3/b16-13-. The number of carbonyl (C=O) groups is 1. The van der Waals surface area contributed by atoms with Crippen LogP contribution in [-0.2, 0) is 20.9 Å². The SMILES string of the molecule is CCCOc1c(F)ccc(OCc2ccccc2/C(=C/OC)C(=O)OC)c1F. The maximum Gasteiger partial charge on any atom is 0.341 e. The second-order valence-electron chi connectivity index (χ2n) is 5.74. The number of esters is 1. The molecule has 0 spiro atoms. The van der Waals surface area contributed by atoms with Gasteiger partial charge in [-0.05, 0) is 29.7 Å². The maximum absolute atomic E-state index is 14.5. The van der Waals surface area contributed by atoms with Gasteiger partial charge in [0.25, 0.3) is 0 Å². The van der Waals surface area contributed by atoms with Crippen LogP contribution in [0.5, 0.6) is 11.5 Å². The molecule has 0 atom stereocenters. The summed E-state index contributed by atoms with van der Waals surface area (Å²) in [5.41, 5.74) is 1.30. The summed E-state index contributed by atoms with van der Waals surface area (Å²) in [6.07, 6.45) is 1.87. The van der Waals surface area contributed by atoms with Crippen molar-refractivity contribution in [2.45, 2.75) is 20.0 Å². The molecule has 2 aromatic rings. The van der Waals surface area contributed by atoms with E-state index < -0.39 is 23.4 Å². The van der Waals surface area contributed by atoms with Gasteiger partial charge in [-0.2, -0.15) is 4.39 Å². The lowest BCUT2D eigenvalue weighted by molar-refractivity contribution is -0.133. The normalized spacial score (nSPS) is 11.1. The highest BCUT2D eigenvalue weighted by molar-refractivity contribution is 6.16. The molecular formula is C21H22F2O5. The fourth-order valence-corrected chi connectivity index (χ4v) is 2.48. The molecule has 0 heterocycles. The van der Waals surface area contributed by atoms with E-state index in [-0.39, 0.29) is 24.5 Å². The fourth-order valence-electron chi connectivity index (χ4n) is 2.48. The van der Waals surface area contributed by atoms with Gasteiger partial charge in [-0.3, -0.25) is 0 Å². The van der Waals surface area contributed by atoms with Crippen molar-refractivity contribution in [3.05, 3.63) is 65.4 Å². The Balaban J connectivity index is 2.29. The first kappa shape index (κ1) is 21.2. The lowest BCUT2D eigenvalue weighted by atomic mass is 10.0. The first-order valence-electron chi connectivity index (χ1n) is 8.66. The van der Waals surface area contributed by atoms with Crippen LogP contribution in [0.4, 0.5) is 8.78 Å². The van der Waals surface area contributed by atoms with Crippen LogP contribution in [-0.4, -0.2) is 26.8 Å². The summed E-state index contributed by atoms with van der Waals surface area (Å²) < 4.78 is 48.7. The molecule has 0 aliphatic rings. The number of ether oxygens (including phenoxy) is 4. The van der Waals surface area contributed by atoms with E-state index in [0.29, 0.717) is 17.5 Å². The van der Waals surface area contributed by atoms with Crippen molar-refractivity contribution in [1.82, 2.24) is 0 Å². The third-order valence-electron chi connectivity index (χ3n) is 3.80. The fraction of sp³-hybridized carbons (Fsp3) is 0.286. The highest BCUT2D eigenvalue weighted by atomic mass is 19.1. The quantitative estimate of drug-likeness (QED) is 0.357. The van der Waals surface area contributed by atoms with Gasteiger partial charge in [0.05, 0.1) is 27.1 Å². The Morgan fingerprint density at radius 2 is 1.82 bits per heavy atom. The summed E-state index contributed by atoms with van der Waals surface area (Å²) in [4.78, 5) is 12.0. The third kappa shape index (κ3) is 5.00. The number of rotatable bonds is 9. The molecule has 0 amide bonds. The zero-order valence-corrected chi connectivity index (χ0v) is 16.0. The minimum absolute atomic E-state index is 0.0655. The van der Waals surface area contributed by atoms with Crippen LogP contribution in [0.1, 0.15) is 24.5 Å². The molecule has 5 nitrogen and oxygen atoms in total. The zero-order valence-electron chi connectivity index (χ0n) is 16.0. The van der Waals surface area contributed by atoms with E-state index in [4.69, 9.17) is 18.9 Å². The first-order valence-corrected chi connectivity index (χ1v) is 8.66. The molecule has 0 radical (unpaired) electrons. The van der Waals surface area contributed by atoms with Crippen LogP contribution in [0.3, 0.4) is 0 Å². The number of benzene rings is 2. The highest BCUT2D eigenvalue weighted by Crippen LogP contribution is 2.31. The molecule has 0 aliphatic heterocycles. The Kier molecular flexibility index (Phi) is 7.80. The lowest BCUT2D eigenvalue weighted by Gasteiger charge is -2.14.